The molecule has 10 aromatic rings. The highest BCUT2D eigenvalue weighted by atomic mass is 32.2. The van der Waals surface area contributed by atoms with E-state index in [0.717, 1.165) is 61.8 Å². The van der Waals surface area contributed by atoms with Crippen molar-refractivity contribution < 1.29 is 22.0 Å². The van der Waals surface area contributed by atoms with Gasteiger partial charge in [-0.15, -0.1) is 13.5 Å². The fraction of sp³-hybridized carbons (Fsp3) is 0.186. The number of aromatic nitrogens is 11. The summed E-state index contributed by atoms with van der Waals surface area (Å²) in [5.74, 6) is 0.173. The van der Waals surface area contributed by atoms with Crippen LogP contribution in [0.2, 0.25) is 0 Å². The predicted octanol–water partition coefficient (Wildman–Crippen LogP) is 11.0. The number of halogens is 2. The number of nitrogens with two attached hydrogens (primary N) is 1. The minimum Gasteiger partial charge on any atom is -0.360 e. The van der Waals surface area contributed by atoms with Gasteiger partial charge in [0.1, 0.15) is 46.3 Å². The maximum absolute atomic E-state index is 13.4. The summed E-state index contributed by atoms with van der Waals surface area (Å²) < 4.78 is 57.3. The number of nitriles is 1. The van der Waals surface area contributed by atoms with Gasteiger partial charge in [0.2, 0.25) is 16.9 Å². The first-order valence-electron chi connectivity index (χ1n) is 25.4. The number of imidazole rings is 4. The molecule has 7 aromatic heterocycles. The van der Waals surface area contributed by atoms with Crippen LogP contribution in [-0.2, 0) is 15.5 Å². The molecular weight excluding hydrogens is 1110 g/mol. The Balaban J connectivity index is 0.000000135. The van der Waals surface area contributed by atoms with Gasteiger partial charge in [-0.1, -0.05) is 52.7 Å². The Morgan fingerprint density at radius 1 is 0.659 bits per heavy atom. The number of aliphatic imine (C=N–C) groups is 1. The van der Waals surface area contributed by atoms with Crippen LogP contribution in [0.1, 0.15) is 71.2 Å². The maximum atomic E-state index is 13.4. The van der Waals surface area contributed by atoms with Gasteiger partial charge in [0.15, 0.2) is 6.29 Å². The van der Waals surface area contributed by atoms with Crippen molar-refractivity contribution in [2.45, 2.75) is 72.6 Å². The van der Waals surface area contributed by atoms with Crippen molar-refractivity contribution >= 4 is 56.7 Å². The molecule has 1 unspecified atom stereocenters. The summed E-state index contributed by atoms with van der Waals surface area (Å²) in [5, 5.41) is 20.3. The minimum absolute atomic E-state index is 0.0911. The standard InChI is InChI=1S/C20H12FN7.C15H12FNO2S.C12H8N6.C8H4N4O.C4H6N2/c1-22-17-11-24-16-8-7-15(26-28(16)17)19-18(13-3-5-14(21)6-4-13)25-12-27(19)20(23-2)9-10-20;1-11-3-9-14(10-4-11)20(18,19)15(17-2)12-5-7-13(16)8-6-12;1-14-11-7-15-10-3-2-9(17-18(10)11)6-16-12(8-13)4-5-12;1-9-8-4-10-7-3-2-6(5-13)11-12(7)8;1-6-4(5)2-3-4/h3-8,11-12H,9-10H2;3-10,15H,1H3;2-3,6-7H,4-5H2;2-5H;2-3,5H2. The summed E-state index contributed by atoms with van der Waals surface area (Å²) in [6.45, 7) is 44.1. The molecule has 3 fully saturated rings. The van der Waals surface area contributed by atoms with Crippen LogP contribution < -0.4 is 5.73 Å². The Labute approximate surface area is 484 Å². The fourth-order valence-electron chi connectivity index (χ4n) is 7.97. The van der Waals surface area contributed by atoms with Gasteiger partial charge < -0.3 is 14.5 Å². The lowest BCUT2D eigenvalue weighted by Crippen LogP contribution is -2.14. The zero-order valence-corrected chi connectivity index (χ0v) is 45.5. The van der Waals surface area contributed by atoms with Crippen LogP contribution in [0, 0.1) is 69.3 Å². The van der Waals surface area contributed by atoms with Crippen LogP contribution in [0.5, 0.6) is 0 Å². The molecule has 0 spiro atoms. The molecule has 0 saturated heterocycles. The monoisotopic (exact) mass is 1150 g/mol. The summed E-state index contributed by atoms with van der Waals surface area (Å²) in [4.78, 5) is 51.6. The van der Waals surface area contributed by atoms with E-state index in [1.807, 2.05) is 11.5 Å². The van der Waals surface area contributed by atoms with E-state index >= 15 is 0 Å². The first-order chi connectivity index (χ1) is 41.0. The van der Waals surface area contributed by atoms with Gasteiger partial charge in [0, 0.05) is 36.6 Å². The highest BCUT2D eigenvalue weighted by Crippen LogP contribution is 2.49. The van der Waals surface area contributed by atoms with E-state index in [9.17, 15) is 22.0 Å². The van der Waals surface area contributed by atoms with Crippen LogP contribution in [0.15, 0.2) is 144 Å². The van der Waals surface area contributed by atoms with E-state index < -0.39 is 37.9 Å². The van der Waals surface area contributed by atoms with Gasteiger partial charge in [-0.2, -0.15) is 5.26 Å². The van der Waals surface area contributed by atoms with Crippen molar-refractivity contribution in [1.82, 2.24) is 53.3 Å². The molecule has 1 atom stereocenters. The summed E-state index contributed by atoms with van der Waals surface area (Å²) in [7, 11) is -3.81. The van der Waals surface area contributed by atoms with Crippen molar-refractivity contribution in [2.24, 2.45) is 10.7 Å². The summed E-state index contributed by atoms with van der Waals surface area (Å²) >= 11 is 0. The number of rotatable bonds is 9. The zero-order valence-electron chi connectivity index (χ0n) is 44.6. The van der Waals surface area contributed by atoms with Crippen LogP contribution in [0.25, 0.3) is 68.7 Å². The van der Waals surface area contributed by atoms with Crippen LogP contribution in [0.4, 0.5) is 26.2 Å². The van der Waals surface area contributed by atoms with E-state index in [1.54, 1.807) is 73.2 Å². The topological polar surface area (TPSA) is 248 Å². The third kappa shape index (κ3) is 12.8. The number of carbonyl (C=O) groups excluding carboxylic acids is 1. The third-order valence-corrected chi connectivity index (χ3v) is 15.2. The normalized spacial score (nSPS) is 14.6. The van der Waals surface area contributed by atoms with Gasteiger partial charge in [-0.05, 0) is 98.6 Å². The molecule has 416 valence electrons. The summed E-state index contributed by atoms with van der Waals surface area (Å²) in [5.41, 5.74) is 10.1. The Morgan fingerprint density at radius 2 is 1.18 bits per heavy atom. The molecule has 3 saturated carbocycles. The first-order valence-corrected chi connectivity index (χ1v) is 26.9. The summed E-state index contributed by atoms with van der Waals surface area (Å²) in [6, 6.07) is 29.8. The smallest absolute Gasteiger partial charge is 0.350 e. The molecule has 3 aliphatic carbocycles. The Hall–Kier alpha value is -11.7. The molecule has 0 bridgehead atoms. The van der Waals surface area contributed by atoms with Crippen LogP contribution in [-0.4, -0.2) is 85.5 Å². The molecular formula is C59H42F2N20O3S. The number of hydrogen-bond acceptors (Lipinski definition) is 13. The molecule has 0 radical (unpaired) electrons. The number of fused-ring (bicyclic) bond motifs is 3. The molecule has 3 aliphatic rings. The largest absolute Gasteiger partial charge is 0.360 e. The highest BCUT2D eigenvalue weighted by molar-refractivity contribution is 7.91. The second kappa shape index (κ2) is 24.2. The third-order valence-electron chi connectivity index (χ3n) is 13.3. The number of carbonyl (C=O) groups is 1. The van der Waals surface area contributed by atoms with E-state index in [0.29, 0.717) is 63.5 Å². The van der Waals surface area contributed by atoms with Crippen LogP contribution >= 0.6 is 0 Å². The minimum atomic E-state index is -3.81. The number of hydrogen-bond donors (Lipinski definition) is 1. The van der Waals surface area contributed by atoms with E-state index in [4.69, 9.17) is 50.4 Å². The van der Waals surface area contributed by atoms with Gasteiger partial charge >= 0.3 is 11.0 Å². The molecule has 13 rings (SSSR count). The lowest BCUT2D eigenvalue weighted by atomic mass is 10.1. The van der Waals surface area contributed by atoms with Gasteiger partial charge in [0.05, 0.1) is 59.9 Å². The highest BCUT2D eigenvalue weighted by Gasteiger charge is 2.55. The molecule has 26 heteroatoms. The van der Waals surface area contributed by atoms with E-state index in [2.05, 4.69) is 75.4 Å². The Kier molecular flexibility index (Phi) is 16.5. The van der Waals surface area contributed by atoms with Crippen molar-refractivity contribution in [3.8, 4) is 28.7 Å². The average molecular weight is 1150 g/mol. The number of nitrogens with zero attached hydrogens (tertiary/aromatic N) is 19. The van der Waals surface area contributed by atoms with Crippen LogP contribution in [0.3, 0.4) is 0 Å². The second-order valence-electron chi connectivity index (χ2n) is 19.3. The van der Waals surface area contributed by atoms with Crippen molar-refractivity contribution in [3.63, 3.8) is 0 Å². The number of sulfone groups is 1. The summed E-state index contributed by atoms with van der Waals surface area (Å²) in [6.07, 6.45) is 13.1. The zero-order chi connectivity index (χ0) is 60.5. The molecule has 0 aliphatic heterocycles. The Morgan fingerprint density at radius 3 is 1.64 bits per heavy atom. The fourth-order valence-corrected chi connectivity index (χ4v) is 9.40. The molecule has 3 aromatic carbocycles. The van der Waals surface area contributed by atoms with E-state index in [1.165, 1.54) is 68.5 Å². The van der Waals surface area contributed by atoms with Crippen molar-refractivity contribution in [1.29, 1.82) is 5.26 Å². The lowest BCUT2D eigenvalue weighted by molar-refractivity contribution is 0.111. The number of aryl methyl sites for hydroxylation is 1. The quantitative estimate of drug-likeness (QED) is 0.0805. The molecule has 7 heterocycles. The molecule has 85 heavy (non-hydrogen) atoms. The first kappa shape index (κ1) is 57.9. The molecule has 2 N–H and O–H groups in total. The Bertz CT molecular complexity index is 4640. The van der Waals surface area contributed by atoms with Crippen molar-refractivity contribution in [3.05, 3.63) is 237 Å². The van der Waals surface area contributed by atoms with Crippen molar-refractivity contribution in [2.75, 3.05) is 0 Å². The lowest BCUT2D eigenvalue weighted by Gasteiger charge is -2.10. The number of benzene rings is 3. The van der Waals surface area contributed by atoms with E-state index in [-0.39, 0.29) is 22.0 Å². The second-order valence-corrected chi connectivity index (χ2v) is 21.3. The van der Waals surface area contributed by atoms with Gasteiger partial charge in [0.25, 0.3) is 33.0 Å². The van der Waals surface area contributed by atoms with Gasteiger partial charge in [-0.3, -0.25) is 34.6 Å². The average Bonchev–Trinajstić information content (AvgIpc) is 2.79. The molecule has 0 amide bonds. The predicted molar refractivity (Wildman–Crippen MR) is 306 cm³/mol. The SMILES string of the molecule is [C-]#[N+]C(c1ccc(F)cc1)S(=O)(=O)c1ccc(C)cc1.[C-]#[N+]C1(N)CC1.[C-]#[N+]c1cnc2ccc(-c3c(-c4ccc(F)cc4)ncn3C3([N+]#[C-])CC3)nn12.[C-]#[N+]c1cnc2ccc(C=NC3(C#N)CC3)nn12.[C-]#[N+]c1cnc2ccc(C=O)nn12. The number of aldehydes is 1. The molecule has 23 nitrogen and oxygen atoms in total. The maximum Gasteiger partial charge on any atom is 0.350 e. The van der Waals surface area contributed by atoms with Gasteiger partial charge in [-0.25, -0.2) is 56.9 Å².